The van der Waals surface area contributed by atoms with Crippen molar-refractivity contribution in [2.75, 3.05) is 6.61 Å². The normalized spacial score (nSPS) is 39.2. The minimum Gasteiger partial charge on any atom is -0.378 e. The Morgan fingerprint density at radius 1 is 0.824 bits per heavy atom. The van der Waals surface area contributed by atoms with Crippen LogP contribution >= 0.6 is 0 Å². The summed E-state index contributed by atoms with van der Waals surface area (Å²) in [6.07, 6.45) is 13.3. The van der Waals surface area contributed by atoms with Gasteiger partial charge in [-0.3, -0.25) is 0 Å². The van der Waals surface area contributed by atoms with E-state index in [1.807, 2.05) is 0 Å². The summed E-state index contributed by atoms with van der Waals surface area (Å²) in [5, 5.41) is 0. The second-order valence-electron chi connectivity index (χ2n) is 6.43. The predicted octanol–water partition coefficient (Wildman–Crippen LogP) is 4.80. The molecule has 1 heteroatoms. The lowest BCUT2D eigenvalue weighted by atomic mass is 9.71. The van der Waals surface area contributed by atoms with Crippen molar-refractivity contribution in [1.82, 2.24) is 0 Å². The molecule has 2 rings (SSSR count). The van der Waals surface area contributed by atoms with Gasteiger partial charge in [0.05, 0.1) is 6.10 Å². The number of ether oxygens (including phenoxy) is 1. The van der Waals surface area contributed by atoms with Crippen LogP contribution in [0.15, 0.2) is 0 Å². The zero-order valence-electron chi connectivity index (χ0n) is 11.8. The molecule has 0 bridgehead atoms. The maximum absolute atomic E-state index is 5.88. The summed E-state index contributed by atoms with van der Waals surface area (Å²) in [6, 6.07) is 0. The molecule has 0 amide bonds. The van der Waals surface area contributed by atoms with Crippen LogP contribution in [0.1, 0.15) is 71.6 Å². The Labute approximate surface area is 107 Å². The molecule has 2 aliphatic carbocycles. The average Bonchev–Trinajstić information content (AvgIpc) is 2.38. The molecule has 17 heavy (non-hydrogen) atoms. The van der Waals surface area contributed by atoms with Crippen LogP contribution < -0.4 is 0 Å². The van der Waals surface area contributed by atoms with E-state index in [9.17, 15) is 0 Å². The van der Waals surface area contributed by atoms with Crippen LogP contribution in [-0.4, -0.2) is 12.7 Å². The van der Waals surface area contributed by atoms with Crippen LogP contribution in [0.3, 0.4) is 0 Å². The highest BCUT2D eigenvalue weighted by molar-refractivity contribution is 4.81. The SMILES string of the molecule is CCCO[C@H]1CC[C@H]([C@H]2CC[C@H](C)CC2)CC1. The fourth-order valence-corrected chi connectivity index (χ4v) is 3.77. The van der Waals surface area contributed by atoms with Gasteiger partial charge in [0.1, 0.15) is 0 Å². The van der Waals surface area contributed by atoms with Crippen molar-refractivity contribution in [2.24, 2.45) is 17.8 Å². The Morgan fingerprint density at radius 2 is 1.35 bits per heavy atom. The van der Waals surface area contributed by atoms with Crippen LogP contribution in [0.5, 0.6) is 0 Å². The molecule has 0 aromatic rings. The second kappa shape index (κ2) is 6.78. The molecule has 2 aliphatic rings. The predicted molar refractivity (Wildman–Crippen MR) is 73.1 cm³/mol. The smallest absolute Gasteiger partial charge is 0.0575 e. The monoisotopic (exact) mass is 238 g/mol. The Balaban J connectivity index is 1.68. The first-order valence-electron chi connectivity index (χ1n) is 7.91. The average molecular weight is 238 g/mol. The van der Waals surface area contributed by atoms with Crippen molar-refractivity contribution in [3.63, 3.8) is 0 Å². The van der Waals surface area contributed by atoms with Gasteiger partial charge in [0.2, 0.25) is 0 Å². The van der Waals surface area contributed by atoms with Crippen LogP contribution in [0.25, 0.3) is 0 Å². The first kappa shape index (κ1) is 13.4. The second-order valence-corrected chi connectivity index (χ2v) is 6.43. The van der Waals surface area contributed by atoms with Crippen LogP contribution in [0, 0.1) is 17.8 Å². The van der Waals surface area contributed by atoms with Gasteiger partial charge in [-0.25, -0.2) is 0 Å². The molecule has 0 N–H and O–H groups in total. The lowest BCUT2D eigenvalue weighted by Crippen LogP contribution is -2.28. The molecule has 0 aromatic carbocycles. The van der Waals surface area contributed by atoms with E-state index in [2.05, 4.69) is 13.8 Å². The number of rotatable bonds is 4. The molecular formula is C16H30O. The maximum atomic E-state index is 5.88. The van der Waals surface area contributed by atoms with E-state index < -0.39 is 0 Å². The molecule has 1 nitrogen and oxygen atoms in total. The number of hydrogen-bond donors (Lipinski definition) is 0. The highest BCUT2D eigenvalue weighted by Gasteiger charge is 2.29. The van der Waals surface area contributed by atoms with E-state index in [1.54, 1.807) is 0 Å². The molecule has 2 fully saturated rings. The van der Waals surface area contributed by atoms with Crippen LogP contribution in [0.4, 0.5) is 0 Å². The first-order valence-corrected chi connectivity index (χ1v) is 7.91. The molecule has 100 valence electrons. The Bertz CT molecular complexity index is 198. The lowest BCUT2D eigenvalue weighted by molar-refractivity contribution is 0.00764. The zero-order valence-corrected chi connectivity index (χ0v) is 11.8. The minimum atomic E-state index is 0.591. The fraction of sp³-hybridized carbons (Fsp3) is 1.00. The van der Waals surface area contributed by atoms with Crippen molar-refractivity contribution in [2.45, 2.75) is 77.7 Å². The van der Waals surface area contributed by atoms with Crippen molar-refractivity contribution >= 4 is 0 Å². The van der Waals surface area contributed by atoms with Gasteiger partial charge in [0.25, 0.3) is 0 Å². The molecule has 0 heterocycles. The Morgan fingerprint density at radius 3 is 1.88 bits per heavy atom. The molecule has 0 saturated heterocycles. The highest BCUT2D eigenvalue weighted by Crippen LogP contribution is 2.40. The minimum absolute atomic E-state index is 0.591. The topological polar surface area (TPSA) is 9.23 Å². The molecule has 2 saturated carbocycles. The van der Waals surface area contributed by atoms with Crippen LogP contribution in [0.2, 0.25) is 0 Å². The molecule has 0 aliphatic heterocycles. The van der Waals surface area contributed by atoms with Gasteiger partial charge in [0.15, 0.2) is 0 Å². The number of hydrogen-bond acceptors (Lipinski definition) is 1. The summed E-state index contributed by atoms with van der Waals surface area (Å²) < 4.78 is 5.88. The van der Waals surface area contributed by atoms with Gasteiger partial charge in [-0.05, 0) is 62.7 Å². The summed E-state index contributed by atoms with van der Waals surface area (Å²) in [6.45, 7) is 5.59. The van der Waals surface area contributed by atoms with Gasteiger partial charge in [-0.2, -0.15) is 0 Å². The van der Waals surface area contributed by atoms with E-state index in [-0.39, 0.29) is 0 Å². The highest BCUT2D eigenvalue weighted by atomic mass is 16.5. The lowest BCUT2D eigenvalue weighted by Gasteiger charge is -2.37. The first-order chi connectivity index (χ1) is 8.29. The van der Waals surface area contributed by atoms with Crippen molar-refractivity contribution < 1.29 is 4.74 Å². The fourth-order valence-electron chi connectivity index (χ4n) is 3.77. The van der Waals surface area contributed by atoms with Gasteiger partial charge < -0.3 is 4.74 Å². The molecule has 0 spiro atoms. The Hall–Kier alpha value is -0.0400. The van der Waals surface area contributed by atoms with Gasteiger partial charge >= 0.3 is 0 Å². The van der Waals surface area contributed by atoms with Gasteiger partial charge in [-0.1, -0.05) is 26.7 Å². The van der Waals surface area contributed by atoms with Gasteiger partial charge in [-0.15, -0.1) is 0 Å². The largest absolute Gasteiger partial charge is 0.378 e. The third-order valence-electron chi connectivity index (χ3n) is 5.00. The quantitative estimate of drug-likeness (QED) is 0.683. The molecule has 0 aromatic heterocycles. The summed E-state index contributed by atoms with van der Waals surface area (Å²) in [7, 11) is 0. The van der Waals surface area contributed by atoms with E-state index in [4.69, 9.17) is 4.74 Å². The summed E-state index contributed by atoms with van der Waals surface area (Å²) in [4.78, 5) is 0. The Kier molecular flexibility index (Phi) is 5.34. The summed E-state index contributed by atoms with van der Waals surface area (Å²) in [5.41, 5.74) is 0. The van der Waals surface area contributed by atoms with E-state index >= 15 is 0 Å². The standard InChI is InChI=1S/C16H30O/c1-3-12-17-16-10-8-15(9-11-16)14-6-4-13(2)5-7-14/h13-16H,3-12H2,1-2H3/t13-,14-,15-,16-. The molecular weight excluding hydrogens is 208 g/mol. The van der Waals surface area contributed by atoms with Crippen LogP contribution in [-0.2, 0) is 4.74 Å². The van der Waals surface area contributed by atoms with E-state index in [1.165, 1.54) is 57.8 Å². The molecule has 0 unspecified atom stereocenters. The summed E-state index contributed by atoms with van der Waals surface area (Å²) >= 11 is 0. The summed E-state index contributed by atoms with van der Waals surface area (Å²) in [5.74, 6) is 3.08. The third kappa shape index (κ3) is 3.98. The van der Waals surface area contributed by atoms with Crippen molar-refractivity contribution in [3.05, 3.63) is 0 Å². The van der Waals surface area contributed by atoms with E-state index in [0.29, 0.717) is 6.10 Å². The molecule has 0 atom stereocenters. The maximum Gasteiger partial charge on any atom is 0.0575 e. The van der Waals surface area contributed by atoms with Gasteiger partial charge in [0, 0.05) is 6.61 Å². The van der Waals surface area contributed by atoms with Crippen molar-refractivity contribution in [3.8, 4) is 0 Å². The third-order valence-corrected chi connectivity index (χ3v) is 5.00. The zero-order chi connectivity index (χ0) is 12.1. The molecule has 0 radical (unpaired) electrons. The van der Waals surface area contributed by atoms with Crippen molar-refractivity contribution in [1.29, 1.82) is 0 Å². The van der Waals surface area contributed by atoms with E-state index in [0.717, 1.165) is 24.4 Å².